The highest BCUT2D eigenvalue weighted by molar-refractivity contribution is 5.60. The van der Waals surface area contributed by atoms with Crippen LogP contribution in [0, 0.1) is 0 Å². The molecule has 2 heterocycles. The summed E-state index contributed by atoms with van der Waals surface area (Å²) in [6.45, 7) is 1.77. The van der Waals surface area contributed by atoms with Crippen LogP contribution in [0.2, 0.25) is 0 Å². The molecule has 120 valence electrons. The van der Waals surface area contributed by atoms with Crippen LogP contribution >= 0.6 is 0 Å². The van der Waals surface area contributed by atoms with Crippen molar-refractivity contribution in [3.63, 3.8) is 0 Å². The predicted octanol–water partition coefficient (Wildman–Crippen LogP) is 1.65. The molecule has 1 aliphatic heterocycles. The SMILES string of the molecule is CC(N)[C@@H]1N=c2cccc(C(F)(F)F)c2=CN1c1cccnc1. The molecule has 1 aromatic heterocycles. The Labute approximate surface area is 130 Å². The van der Waals surface area contributed by atoms with Gasteiger partial charge < -0.3 is 10.6 Å². The first-order chi connectivity index (χ1) is 10.9. The van der Waals surface area contributed by atoms with E-state index in [1.165, 1.54) is 12.3 Å². The quantitative estimate of drug-likeness (QED) is 0.915. The number of alkyl halides is 3. The smallest absolute Gasteiger partial charge is 0.325 e. The molecule has 0 bridgehead atoms. The third kappa shape index (κ3) is 2.92. The number of fused-ring (bicyclic) bond motifs is 1. The summed E-state index contributed by atoms with van der Waals surface area (Å²) in [6, 6.07) is 7.09. The van der Waals surface area contributed by atoms with Gasteiger partial charge in [-0.15, -0.1) is 0 Å². The number of pyridine rings is 1. The van der Waals surface area contributed by atoms with Crippen molar-refractivity contribution in [2.75, 3.05) is 4.90 Å². The molecule has 1 aliphatic rings. The number of halogens is 3. The summed E-state index contributed by atoms with van der Waals surface area (Å²) >= 11 is 0. The molecule has 1 unspecified atom stereocenters. The molecule has 0 spiro atoms. The highest BCUT2D eigenvalue weighted by Gasteiger charge is 2.33. The Hall–Kier alpha value is -2.41. The molecule has 1 aromatic carbocycles. The Kier molecular flexibility index (Phi) is 3.81. The fourth-order valence-corrected chi connectivity index (χ4v) is 2.57. The van der Waals surface area contributed by atoms with Crippen molar-refractivity contribution in [1.82, 2.24) is 4.98 Å². The summed E-state index contributed by atoms with van der Waals surface area (Å²) in [6.07, 6.45) is -0.312. The number of benzene rings is 1. The zero-order chi connectivity index (χ0) is 16.6. The van der Waals surface area contributed by atoms with Crippen LogP contribution in [-0.2, 0) is 6.18 Å². The van der Waals surface area contributed by atoms with Crippen LogP contribution in [-0.4, -0.2) is 17.2 Å². The van der Waals surface area contributed by atoms with Crippen LogP contribution < -0.4 is 21.2 Å². The van der Waals surface area contributed by atoms with Gasteiger partial charge in [-0.2, -0.15) is 13.2 Å². The van der Waals surface area contributed by atoms with Gasteiger partial charge in [0.15, 0.2) is 0 Å². The average molecular weight is 320 g/mol. The van der Waals surface area contributed by atoms with Crippen LogP contribution in [0.15, 0.2) is 47.7 Å². The van der Waals surface area contributed by atoms with Crippen molar-refractivity contribution in [1.29, 1.82) is 0 Å². The molecule has 0 saturated carbocycles. The van der Waals surface area contributed by atoms with Gasteiger partial charge in [0, 0.05) is 23.7 Å². The number of hydrogen-bond donors (Lipinski definition) is 1. The van der Waals surface area contributed by atoms with Gasteiger partial charge in [-0.05, 0) is 31.2 Å². The molecule has 2 aromatic rings. The van der Waals surface area contributed by atoms with Crippen molar-refractivity contribution in [2.45, 2.75) is 25.3 Å². The molecular weight excluding hydrogens is 305 g/mol. The monoisotopic (exact) mass is 320 g/mol. The Morgan fingerprint density at radius 3 is 2.61 bits per heavy atom. The van der Waals surface area contributed by atoms with E-state index in [2.05, 4.69) is 9.98 Å². The zero-order valence-corrected chi connectivity index (χ0v) is 12.3. The summed E-state index contributed by atoms with van der Waals surface area (Å²) in [4.78, 5) is 10.1. The minimum atomic E-state index is -4.45. The summed E-state index contributed by atoms with van der Waals surface area (Å²) in [7, 11) is 0. The summed E-state index contributed by atoms with van der Waals surface area (Å²) in [5, 5.41) is 0.336. The second kappa shape index (κ2) is 5.66. The first-order valence-electron chi connectivity index (χ1n) is 7.08. The van der Waals surface area contributed by atoms with Gasteiger partial charge in [0.25, 0.3) is 0 Å². The van der Waals surface area contributed by atoms with E-state index in [0.717, 1.165) is 6.07 Å². The molecular formula is C16H15F3N4. The van der Waals surface area contributed by atoms with Gasteiger partial charge >= 0.3 is 6.18 Å². The lowest BCUT2D eigenvalue weighted by atomic mass is 10.1. The fourth-order valence-electron chi connectivity index (χ4n) is 2.57. The molecule has 0 fully saturated rings. The van der Waals surface area contributed by atoms with Gasteiger partial charge in [-0.25, -0.2) is 0 Å². The van der Waals surface area contributed by atoms with Gasteiger partial charge in [-0.1, -0.05) is 6.07 Å². The van der Waals surface area contributed by atoms with Crippen LogP contribution in [0.1, 0.15) is 12.5 Å². The molecule has 0 saturated heterocycles. The molecule has 2 N–H and O–H groups in total. The molecule has 0 aliphatic carbocycles. The van der Waals surface area contributed by atoms with Crippen molar-refractivity contribution in [3.05, 3.63) is 58.9 Å². The van der Waals surface area contributed by atoms with Gasteiger partial charge in [0.05, 0.1) is 22.8 Å². The predicted molar refractivity (Wildman–Crippen MR) is 80.8 cm³/mol. The van der Waals surface area contributed by atoms with Crippen molar-refractivity contribution < 1.29 is 13.2 Å². The Bertz CT molecular complexity index is 815. The minimum Gasteiger partial charge on any atom is -0.325 e. The third-order valence-electron chi connectivity index (χ3n) is 3.63. The number of nitrogens with two attached hydrogens (primary N) is 1. The van der Waals surface area contributed by atoms with Crippen LogP contribution in [0.25, 0.3) is 6.20 Å². The number of nitrogens with zero attached hydrogens (tertiary/aromatic N) is 3. The molecule has 0 amide bonds. The van der Waals surface area contributed by atoms with Crippen molar-refractivity contribution in [3.8, 4) is 0 Å². The van der Waals surface area contributed by atoms with E-state index in [-0.39, 0.29) is 11.3 Å². The number of rotatable bonds is 2. The second-order valence-electron chi connectivity index (χ2n) is 5.39. The number of hydrogen-bond acceptors (Lipinski definition) is 4. The summed E-state index contributed by atoms with van der Waals surface area (Å²) in [5.41, 5.74) is 5.91. The maximum atomic E-state index is 13.2. The Morgan fingerprint density at radius 2 is 2.00 bits per heavy atom. The van der Waals surface area contributed by atoms with E-state index < -0.39 is 17.9 Å². The lowest BCUT2D eigenvalue weighted by Crippen LogP contribution is -2.51. The number of aromatic nitrogens is 1. The van der Waals surface area contributed by atoms with E-state index >= 15 is 0 Å². The van der Waals surface area contributed by atoms with E-state index in [9.17, 15) is 13.2 Å². The van der Waals surface area contributed by atoms with Crippen molar-refractivity contribution >= 4 is 11.9 Å². The first kappa shape index (κ1) is 15.5. The zero-order valence-electron chi connectivity index (χ0n) is 12.3. The van der Waals surface area contributed by atoms with E-state index in [1.54, 1.807) is 42.4 Å². The maximum absolute atomic E-state index is 13.2. The maximum Gasteiger partial charge on any atom is 0.417 e. The van der Waals surface area contributed by atoms with Crippen molar-refractivity contribution in [2.24, 2.45) is 10.7 Å². The normalized spacial score (nSPS) is 18.7. The van der Waals surface area contributed by atoms with E-state index in [1.807, 2.05) is 0 Å². The Morgan fingerprint density at radius 1 is 1.22 bits per heavy atom. The first-order valence-corrected chi connectivity index (χ1v) is 7.08. The molecule has 23 heavy (non-hydrogen) atoms. The third-order valence-corrected chi connectivity index (χ3v) is 3.63. The number of anilines is 1. The lowest BCUT2D eigenvalue weighted by Gasteiger charge is -2.32. The molecule has 7 heteroatoms. The molecule has 4 nitrogen and oxygen atoms in total. The van der Waals surface area contributed by atoms with Gasteiger partial charge in [0.1, 0.15) is 6.17 Å². The van der Waals surface area contributed by atoms with Gasteiger partial charge in [-0.3, -0.25) is 9.98 Å². The highest BCUT2D eigenvalue weighted by Crippen LogP contribution is 2.27. The van der Waals surface area contributed by atoms with E-state index in [4.69, 9.17) is 5.73 Å². The van der Waals surface area contributed by atoms with Crippen LogP contribution in [0.3, 0.4) is 0 Å². The molecule has 2 atom stereocenters. The topological polar surface area (TPSA) is 54.5 Å². The average Bonchev–Trinajstić information content (AvgIpc) is 2.52. The molecule has 0 radical (unpaired) electrons. The highest BCUT2D eigenvalue weighted by atomic mass is 19.4. The fraction of sp³-hybridized carbons (Fsp3) is 0.250. The second-order valence-corrected chi connectivity index (χ2v) is 5.39. The standard InChI is InChI=1S/C16H15F3N4/c1-10(20)15-22-14-6-2-5-13(16(17,18)19)12(14)9-23(15)11-4-3-7-21-8-11/h2-10,15H,20H2,1H3/t10?,15-/m1/s1. The van der Waals surface area contributed by atoms with E-state index in [0.29, 0.717) is 11.0 Å². The molecule has 3 rings (SSSR count). The largest absolute Gasteiger partial charge is 0.417 e. The van der Waals surface area contributed by atoms with Gasteiger partial charge in [0.2, 0.25) is 0 Å². The van der Waals surface area contributed by atoms with Crippen LogP contribution in [0.5, 0.6) is 0 Å². The minimum absolute atomic E-state index is 0.0424. The Balaban J connectivity index is 2.25. The summed E-state index contributed by atoms with van der Waals surface area (Å²) in [5.74, 6) is 0. The van der Waals surface area contributed by atoms with Crippen LogP contribution in [0.4, 0.5) is 18.9 Å². The lowest BCUT2D eigenvalue weighted by molar-refractivity contribution is -0.138. The summed E-state index contributed by atoms with van der Waals surface area (Å²) < 4.78 is 39.7.